The average Bonchev–Trinajstić information content (AvgIpc) is 2.76. The number of halogens is 1. The van der Waals surface area contributed by atoms with E-state index in [0.29, 0.717) is 5.82 Å². The van der Waals surface area contributed by atoms with Crippen LogP contribution in [0.4, 0.5) is 10.2 Å². The van der Waals surface area contributed by atoms with Crippen LogP contribution in [0, 0.1) is 5.82 Å². The van der Waals surface area contributed by atoms with Gasteiger partial charge in [0, 0.05) is 13.1 Å². The standard InChI is InChI=1S/C15H16FN3O/c1-19-13(7-10-17-19)18-14(20)15(8-2-9-15)11-3-5-12(16)6-4-11/h3-7,10H,2,8-9H2,1H3,(H,18,20). The van der Waals surface area contributed by atoms with Gasteiger partial charge in [-0.2, -0.15) is 5.10 Å². The predicted molar refractivity (Wildman–Crippen MR) is 73.8 cm³/mol. The predicted octanol–water partition coefficient (Wildman–Crippen LogP) is 2.62. The van der Waals surface area contributed by atoms with Gasteiger partial charge in [-0.1, -0.05) is 18.6 Å². The van der Waals surface area contributed by atoms with Crippen LogP contribution < -0.4 is 5.32 Å². The van der Waals surface area contributed by atoms with Crippen LogP contribution in [0.2, 0.25) is 0 Å². The molecule has 20 heavy (non-hydrogen) atoms. The summed E-state index contributed by atoms with van der Waals surface area (Å²) in [5.41, 5.74) is 0.350. The summed E-state index contributed by atoms with van der Waals surface area (Å²) in [6, 6.07) is 7.99. The van der Waals surface area contributed by atoms with Crippen LogP contribution in [0.1, 0.15) is 24.8 Å². The van der Waals surface area contributed by atoms with Crippen molar-refractivity contribution in [3.05, 3.63) is 47.9 Å². The molecule has 0 atom stereocenters. The van der Waals surface area contributed by atoms with E-state index in [0.717, 1.165) is 24.8 Å². The number of aromatic nitrogens is 2. The van der Waals surface area contributed by atoms with Crippen molar-refractivity contribution in [2.75, 3.05) is 5.32 Å². The van der Waals surface area contributed by atoms with E-state index in [2.05, 4.69) is 10.4 Å². The highest BCUT2D eigenvalue weighted by atomic mass is 19.1. The largest absolute Gasteiger partial charge is 0.310 e. The van der Waals surface area contributed by atoms with Gasteiger partial charge < -0.3 is 5.32 Å². The topological polar surface area (TPSA) is 46.9 Å². The molecule has 1 aromatic carbocycles. The Hall–Kier alpha value is -2.17. The van der Waals surface area contributed by atoms with Gasteiger partial charge in [0.2, 0.25) is 5.91 Å². The van der Waals surface area contributed by atoms with E-state index >= 15 is 0 Å². The van der Waals surface area contributed by atoms with Crippen molar-refractivity contribution in [1.29, 1.82) is 0 Å². The van der Waals surface area contributed by atoms with Crippen molar-refractivity contribution >= 4 is 11.7 Å². The van der Waals surface area contributed by atoms with E-state index in [1.54, 1.807) is 36.1 Å². The molecule has 1 saturated carbocycles. The Labute approximate surface area is 116 Å². The zero-order chi connectivity index (χ0) is 14.2. The number of carbonyl (C=O) groups excluding carboxylic acids is 1. The third kappa shape index (κ3) is 1.99. The van der Waals surface area contributed by atoms with Crippen LogP contribution in [-0.4, -0.2) is 15.7 Å². The van der Waals surface area contributed by atoms with Gasteiger partial charge in [-0.15, -0.1) is 0 Å². The molecule has 0 radical (unpaired) electrons. The van der Waals surface area contributed by atoms with Crippen molar-refractivity contribution in [3.63, 3.8) is 0 Å². The monoisotopic (exact) mass is 273 g/mol. The smallest absolute Gasteiger partial charge is 0.236 e. The van der Waals surface area contributed by atoms with Gasteiger partial charge in [0.25, 0.3) is 0 Å². The molecule has 5 heteroatoms. The number of carbonyl (C=O) groups is 1. The minimum Gasteiger partial charge on any atom is -0.310 e. The molecular formula is C15H16FN3O. The first kappa shape index (κ1) is 12.8. The first-order valence-corrected chi connectivity index (χ1v) is 6.67. The second-order valence-corrected chi connectivity index (χ2v) is 5.24. The van der Waals surface area contributed by atoms with Crippen LogP contribution in [0.3, 0.4) is 0 Å². The zero-order valence-corrected chi connectivity index (χ0v) is 11.3. The number of nitrogens with one attached hydrogen (secondary N) is 1. The number of benzene rings is 1. The minimum atomic E-state index is -0.530. The highest BCUT2D eigenvalue weighted by Gasteiger charge is 2.45. The lowest BCUT2D eigenvalue weighted by Crippen LogP contribution is -2.46. The van der Waals surface area contributed by atoms with Gasteiger partial charge in [-0.05, 0) is 30.5 Å². The Kier molecular flexibility index (Phi) is 3.04. The lowest BCUT2D eigenvalue weighted by atomic mass is 9.64. The Morgan fingerprint density at radius 1 is 1.30 bits per heavy atom. The van der Waals surface area contributed by atoms with Crippen molar-refractivity contribution in [1.82, 2.24) is 9.78 Å². The maximum absolute atomic E-state index is 13.0. The molecule has 0 aliphatic heterocycles. The maximum atomic E-state index is 13.0. The van der Waals surface area contributed by atoms with E-state index in [1.165, 1.54) is 12.1 Å². The second-order valence-electron chi connectivity index (χ2n) is 5.24. The lowest BCUT2D eigenvalue weighted by Gasteiger charge is -2.40. The van der Waals surface area contributed by atoms with E-state index in [4.69, 9.17) is 0 Å². The average molecular weight is 273 g/mol. The molecule has 0 unspecified atom stereocenters. The molecule has 0 bridgehead atoms. The summed E-state index contributed by atoms with van der Waals surface area (Å²) in [5.74, 6) is 0.345. The van der Waals surface area contributed by atoms with E-state index in [-0.39, 0.29) is 11.7 Å². The third-order valence-electron chi connectivity index (χ3n) is 4.10. The number of hydrogen-bond acceptors (Lipinski definition) is 2. The number of nitrogens with zero attached hydrogens (tertiary/aromatic N) is 2. The van der Waals surface area contributed by atoms with Crippen LogP contribution in [-0.2, 0) is 17.3 Å². The molecule has 1 amide bonds. The fourth-order valence-corrected chi connectivity index (χ4v) is 2.68. The summed E-state index contributed by atoms with van der Waals surface area (Å²) in [4.78, 5) is 12.6. The number of amides is 1. The van der Waals surface area contributed by atoms with Crippen molar-refractivity contribution in [2.45, 2.75) is 24.7 Å². The molecule has 3 rings (SSSR count). The summed E-state index contributed by atoms with van der Waals surface area (Å²) in [6.45, 7) is 0. The number of anilines is 1. The van der Waals surface area contributed by atoms with Gasteiger partial charge in [0.1, 0.15) is 11.6 Å². The summed E-state index contributed by atoms with van der Waals surface area (Å²) >= 11 is 0. The molecule has 4 nitrogen and oxygen atoms in total. The summed E-state index contributed by atoms with van der Waals surface area (Å²) in [5, 5.41) is 6.95. The molecule has 1 aliphatic carbocycles. The van der Waals surface area contributed by atoms with Crippen LogP contribution in [0.15, 0.2) is 36.5 Å². The summed E-state index contributed by atoms with van der Waals surface area (Å²) in [6.07, 6.45) is 4.24. The Morgan fingerprint density at radius 2 is 2.00 bits per heavy atom. The molecule has 1 heterocycles. The molecular weight excluding hydrogens is 257 g/mol. The molecule has 1 fully saturated rings. The molecule has 0 spiro atoms. The summed E-state index contributed by atoms with van der Waals surface area (Å²) < 4.78 is 14.7. The molecule has 1 aromatic heterocycles. The Balaban J connectivity index is 1.87. The normalized spacial score (nSPS) is 16.5. The number of rotatable bonds is 3. The number of aryl methyl sites for hydroxylation is 1. The van der Waals surface area contributed by atoms with E-state index in [1.807, 2.05) is 0 Å². The van der Waals surface area contributed by atoms with Crippen molar-refractivity contribution in [3.8, 4) is 0 Å². The van der Waals surface area contributed by atoms with E-state index in [9.17, 15) is 9.18 Å². The Morgan fingerprint density at radius 3 is 2.50 bits per heavy atom. The molecule has 2 aromatic rings. The molecule has 104 valence electrons. The van der Waals surface area contributed by atoms with Crippen molar-refractivity contribution < 1.29 is 9.18 Å². The van der Waals surface area contributed by atoms with Crippen LogP contribution in [0.25, 0.3) is 0 Å². The SMILES string of the molecule is Cn1nccc1NC(=O)C1(c2ccc(F)cc2)CCC1. The van der Waals surface area contributed by atoms with Crippen LogP contribution >= 0.6 is 0 Å². The first-order valence-electron chi connectivity index (χ1n) is 6.67. The van der Waals surface area contributed by atoms with Gasteiger partial charge in [0.05, 0.1) is 11.6 Å². The highest BCUT2D eigenvalue weighted by molar-refractivity contribution is 5.99. The van der Waals surface area contributed by atoms with Gasteiger partial charge in [-0.25, -0.2) is 4.39 Å². The molecule has 0 saturated heterocycles. The first-order chi connectivity index (χ1) is 9.62. The second kappa shape index (κ2) is 4.74. The maximum Gasteiger partial charge on any atom is 0.236 e. The van der Waals surface area contributed by atoms with Crippen molar-refractivity contribution in [2.24, 2.45) is 7.05 Å². The third-order valence-corrected chi connectivity index (χ3v) is 4.10. The Bertz CT molecular complexity index is 629. The fourth-order valence-electron chi connectivity index (χ4n) is 2.68. The summed E-state index contributed by atoms with van der Waals surface area (Å²) in [7, 11) is 1.78. The van der Waals surface area contributed by atoms with E-state index < -0.39 is 5.41 Å². The van der Waals surface area contributed by atoms with Gasteiger partial charge in [-0.3, -0.25) is 9.48 Å². The zero-order valence-electron chi connectivity index (χ0n) is 11.3. The molecule has 1 aliphatic rings. The van der Waals surface area contributed by atoms with Gasteiger partial charge in [0.15, 0.2) is 0 Å². The van der Waals surface area contributed by atoms with Gasteiger partial charge >= 0.3 is 0 Å². The molecule has 1 N–H and O–H groups in total. The fraction of sp³-hybridized carbons (Fsp3) is 0.333. The highest BCUT2D eigenvalue weighted by Crippen LogP contribution is 2.44. The quantitative estimate of drug-likeness (QED) is 0.934. The van der Waals surface area contributed by atoms with Crippen LogP contribution in [0.5, 0.6) is 0 Å². The lowest BCUT2D eigenvalue weighted by molar-refractivity contribution is -0.124. The minimum absolute atomic E-state index is 0.0426. The number of hydrogen-bond donors (Lipinski definition) is 1.